The first kappa shape index (κ1) is 44.5. The summed E-state index contributed by atoms with van der Waals surface area (Å²) in [5.41, 5.74) is 6.89. The van der Waals surface area contributed by atoms with Crippen LogP contribution in [0.4, 0.5) is 15.3 Å². The van der Waals surface area contributed by atoms with Crippen LogP contribution in [0.15, 0.2) is 35.0 Å². The molecule has 2 unspecified atom stereocenters. The number of anilines is 1. The fourth-order valence-electron chi connectivity index (χ4n) is 11.8. The Morgan fingerprint density at radius 1 is 0.714 bits per heavy atom. The second kappa shape index (κ2) is 15.9. The predicted octanol–water partition coefficient (Wildman–Crippen LogP) is 3.00. The normalized spacial score (nSPS) is 31.4. The lowest BCUT2D eigenvalue weighted by Crippen LogP contribution is -2.71. The molecule has 2 aromatic heterocycles. The van der Waals surface area contributed by atoms with Crippen molar-refractivity contribution in [3.63, 3.8) is 0 Å². The SMILES string of the molecule is CO[C@@]1(CC(N)=O)c2csc(n2)[C@]1(C(=O)NC(=O)O)N1CCCC1[C@@H]1CC[C@@H](C2CCCN2[C@@]2(C(=O)NC(=O)O)c3nc(cs3)[C@]2(CC(N)=O)OC)N1c1ccc(C(C)(C)C)cc1. The van der Waals surface area contributed by atoms with Gasteiger partial charge in [-0.05, 0) is 61.6 Å². The number of rotatable bonds is 13. The fraction of sp³-hybridized carbons (Fsp3) is 0.571. The van der Waals surface area contributed by atoms with Gasteiger partial charge in [-0.2, -0.15) is 0 Å². The van der Waals surface area contributed by atoms with E-state index in [2.05, 4.69) is 60.6 Å². The van der Waals surface area contributed by atoms with Gasteiger partial charge in [0.05, 0.1) is 24.2 Å². The van der Waals surface area contributed by atoms with Crippen molar-refractivity contribution >= 4 is 64.2 Å². The first-order valence-electron chi connectivity index (χ1n) is 20.9. The molecule has 0 radical (unpaired) electrons. The number of primary amides is 2. The molecule has 5 aliphatic heterocycles. The van der Waals surface area contributed by atoms with Gasteiger partial charge in [-0.1, -0.05) is 32.9 Å². The van der Waals surface area contributed by atoms with Crippen LogP contribution in [-0.4, -0.2) is 117 Å². The predicted molar refractivity (Wildman–Crippen MR) is 229 cm³/mol. The van der Waals surface area contributed by atoms with Gasteiger partial charge in [-0.15, -0.1) is 22.7 Å². The zero-order valence-electron chi connectivity index (χ0n) is 35.7. The van der Waals surface area contributed by atoms with Crippen molar-refractivity contribution in [1.82, 2.24) is 30.4 Å². The molecule has 338 valence electrons. The van der Waals surface area contributed by atoms with Gasteiger partial charge in [0.1, 0.15) is 10.0 Å². The van der Waals surface area contributed by atoms with E-state index in [9.17, 15) is 39.0 Å². The molecule has 0 saturated carbocycles. The molecule has 8 rings (SSSR count). The van der Waals surface area contributed by atoms with E-state index in [1.54, 1.807) is 10.8 Å². The number of benzene rings is 1. The average molecular weight is 908 g/mol. The van der Waals surface area contributed by atoms with Crippen LogP contribution < -0.4 is 27.0 Å². The Balaban J connectivity index is 1.28. The van der Waals surface area contributed by atoms with E-state index < -0.39 is 83.0 Å². The molecule has 3 fully saturated rings. The van der Waals surface area contributed by atoms with E-state index in [1.165, 1.54) is 36.9 Å². The molecule has 5 aliphatic rings. The lowest BCUT2D eigenvalue weighted by Gasteiger charge is -2.53. The number of methoxy groups -OCH3 is 2. The van der Waals surface area contributed by atoms with Crippen molar-refractivity contribution < 1.29 is 48.5 Å². The molecule has 4 bridgehead atoms. The summed E-state index contributed by atoms with van der Waals surface area (Å²) in [5.74, 6) is -3.34. The number of aromatic nitrogens is 2. The Morgan fingerprint density at radius 3 is 1.48 bits per heavy atom. The van der Waals surface area contributed by atoms with Crippen LogP contribution in [0.5, 0.6) is 0 Å². The number of nitrogens with one attached hydrogen (secondary N) is 2. The third-order valence-electron chi connectivity index (χ3n) is 14.1. The third kappa shape index (κ3) is 6.39. The molecule has 7 heterocycles. The topological polar surface area (TPSA) is 273 Å². The Morgan fingerprint density at radius 2 is 1.13 bits per heavy atom. The van der Waals surface area contributed by atoms with Crippen LogP contribution in [0.25, 0.3) is 0 Å². The Kier molecular flexibility index (Phi) is 11.2. The molecule has 3 saturated heterocycles. The standard InChI is InChI=1S/C42H53N9O10S2/c1-38(2,3)22-10-12-23(13-11-22)51-26(24-8-6-16-49(24)41(32(54)47-36(56)57)34-45-28(20-62-34)39(41,60-4)18-30(43)52)14-15-27(51)25-9-7-17-50(25)42(33(55)48-37(58)59)35-46-29(21-63-35)40(42,61-5)19-31(44)53/h10-13,20-21,24-27H,6-9,14-19H2,1-5H3,(H2,43,52)(H2,44,53)(H,47,54)(H,48,55)(H,56,57)(H,58,59)/t24?,25?,26-,27-,39-,40-,41-,42-/m0/s1. The van der Waals surface area contributed by atoms with Gasteiger partial charge in [-0.3, -0.25) is 39.6 Å². The van der Waals surface area contributed by atoms with E-state index in [1.807, 2.05) is 9.80 Å². The molecular weight excluding hydrogens is 855 g/mol. The van der Waals surface area contributed by atoms with Gasteiger partial charge in [0.25, 0.3) is 11.8 Å². The first-order valence-corrected chi connectivity index (χ1v) is 22.7. The highest BCUT2D eigenvalue weighted by molar-refractivity contribution is 7.10. The molecule has 63 heavy (non-hydrogen) atoms. The maximum Gasteiger partial charge on any atom is 0.411 e. The molecule has 19 nitrogen and oxygen atoms in total. The van der Waals surface area contributed by atoms with Crippen LogP contribution in [0.1, 0.15) is 99.1 Å². The molecular formula is C42H53N9O10S2. The van der Waals surface area contributed by atoms with E-state index >= 15 is 0 Å². The minimum atomic E-state index is -1.89. The summed E-state index contributed by atoms with van der Waals surface area (Å²) in [7, 11) is 2.73. The highest BCUT2D eigenvalue weighted by Gasteiger charge is 2.74. The second-order valence-electron chi connectivity index (χ2n) is 18.1. The van der Waals surface area contributed by atoms with E-state index in [0.717, 1.165) is 11.3 Å². The lowest BCUT2D eigenvalue weighted by molar-refractivity contribution is -0.176. The summed E-state index contributed by atoms with van der Waals surface area (Å²) in [6.07, 6.45) is -0.509. The van der Waals surface area contributed by atoms with Crippen molar-refractivity contribution in [3.8, 4) is 0 Å². The number of carbonyl (C=O) groups is 6. The number of nitrogens with two attached hydrogens (primary N) is 2. The third-order valence-corrected chi connectivity index (χ3v) is 16.0. The summed E-state index contributed by atoms with van der Waals surface area (Å²) in [6, 6.07) is 6.72. The number of thiazole rings is 2. The Labute approximate surface area is 371 Å². The first-order chi connectivity index (χ1) is 29.8. The number of likely N-dealkylation sites (tertiary alicyclic amines) is 2. The van der Waals surface area contributed by atoms with Crippen LogP contribution in [0, 0.1) is 0 Å². The summed E-state index contributed by atoms with van der Waals surface area (Å²) >= 11 is 2.37. The highest BCUT2D eigenvalue weighted by atomic mass is 32.1. The molecule has 1 aromatic carbocycles. The lowest BCUT2D eigenvalue weighted by atomic mass is 9.74. The smallest absolute Gasteiger partial charge is 0.411 e. The number of carboxylic acid groups (broad SMARTS) is 2. The molecule has 6 amide bonds. The van der Waals surface area contributed by atoms with Gasteiger partial charge in [-0.25, -0.2) is 19.6 Å². The maximum atomic E-state index is 14.8. The van der Waals surface area contributed by atoms with Gasteiger partial charge >= 0.3 is 12.2 Å². The zero-order chi connectivity index (χ0) is 45.4. The number of hydrogen-bond donors (Lipinski definition) is 6. The number of imide groups is 2. The monoisotopic (exact) mass is 907 g/mol. The fourth-order valence-corrected chi connectivity index (χ4v) is 14.1. The summed E-state index contributed by atoms with van der Waals surface area (Å²) in [4.78, 5) is 95.8. The largest absolute Gasteiger partial charge is 0.465 e. The van der Waals surface area contributed by atoms with Gasteiger partial charge in [0, 0.05) is 67.9 Å². The van der Waals surface area contributed by atoms with E-state index in [-0.39, 0.29) is 27.5 Å². The van der Waals surface area contributed by atoms with Crippen molar-refractivity contribution in [2.45, 2.75) is 124 Å². The zero-order valence-corrected chi connectivity index (χ0v) is 37.3. The number of fused-ring (bicyclic) bond motifs is 4. The maximum absolute atomic E-state index is 14.8. The molecule has 21 heteroatoms. The number of nitrogens with zero attached hydrogens (tertiary/aromatic N) is 5. The van der Waals surface area contributed by atoms with Crippen molar-refractivity contribution in [2.75, 3.05) is 32.2 Å². The number of amides is 6. The van der Waals surface area contributed by atoms with Gasteiger partial charge in [0.15, 0.2) is 22.3 Å². The summed E-state index contributed by atoms with van der Waals surface area (Å²) in [5, 5.41) is 28.2. The molecule has 8 N–H and O–H groups in total. The van der Waals surface area contributed by atoms with Crippen LogP contribution in [-0.2, 0) is 56.3 Å². The number of carbonyl (C=O) groups excluding carboxylic acids is 4. The van der Waals surface area contributed by atoms with Gasteiger partial charge in [0.2, 0.25) is 11.8 Å². The highest BCUT2D eigenvalue weighted by Crippen LogP contribution is 2.61. The molecule has 3 aromatic rings. The van der Waals surface area contributed by atoms with Gasteiger partial charge < -0.3 is 36.1 Å². The summed E-state index contributed by atoms with van der Waals surface area (Å²) in [6.45, 7) is 7.03. The van der Waals surface area contributed by atoms with Crippen molar-refractivity contribution in [1.29, 1.82) is 0 Å². The van der Waals surface area contributed by atoms with Crippen LogP contribution >= 0.6 is 22.7 Å². The van der Waals surface area contributed by atoms with Crippen LogP contribution in [0.3, 0.4) is 0 Å². The molecule has 0 aliphatic carbocycles. The quantitative estimate of drug-likeness (QED) is 0.144. The second-order valence-corrected chi connectivity index (χ2v) is 19.8. The average Bonchev–Trinajstić information content (AvgIpc) is 4.07. The Hall–Kier alpha value is -5.06. The Bertz CT molecular complexity index is 2220. The minimum absolute atomic E-state index is 0.168. The van der Waals surface area contributed by atoms with E-state index in [0.29, 0.717) is 63.0 Å². The van der Waals surface area contributed by atoms with E-state index in [4.69, 9.17) is 30.9 Å². The number of ether oxygens (including phenoxy) is 2. The molecule has 8 atom stereocenters. The number of hydrogen-bond acceptors (Lipinski definition) is 15. The molecule has 0 spiro atoms. The van der Waals surface area contributed by atoms with Crippen LogP contribution in [0.2, 0.25) is 0 Å². The van der Waals surface area contributed by atoms with Crippen molar-refractivity contribution in [3.05, 3.63) is 62.0 Å². The minimum Gasteiger partial charge on any atom is -0.465 e. The summed E-state index contributed by atoms with van der Waals surface area (Å²) < 4.78 is 12.4. The van der Waals surface area contributed by atoms with Crippen molar-refractivity contribution in [2.24, 2.45) is 11.5 Å².